The second-order valence-corrected chi connectivity index (χ2v) is 3.64. The lowest BCUT2D eigenvalue weighted by molar-refractivity contribution is -0.145. The van der Waals surface area contributed by atoms with E-state index in [4.69, 9.17) is 5.73 Å². The van der Waals surface area contributed by atoms with Crippen molar-refractivity contribution in [3.05, 3.63) is 18.0 Å². The van der Waals surface area contributed by atoms with Crippen molar-refractivity contribution in [2.45, 2.75) is 32.1 Å². The number of nitrogens with two attached hydrogens (primary N) is 1. The van der Waals surface area contributed by atoms with Crippen LogP contribution in [0, 0.1) is 0 Å². The molecule has 5 nitrogen and oxygen atoms in total. The number of carbonyl (C=O) groups excluding carboxylic acids is 1. The van der Waals surface area contributed by atoms with Gasteiger partial charge in [0.2, 0.25) is 0 Å². The van der Waals surface area contributed by atoms with Gasteiger partial charge in [0.05, 0.1) is 18.4 Å². The van der Waals surface area contributed by atoms with Crippen LogP contribution in [-0.2, 0) is 22.3 Å². The Morgan fingerprint density at radius 3 is 2.78 bits per heavy atom. The van der Waals surface area contributed by atoms with Crippen LogP contribution in [0.25, 0.3) is 0 Å². The number of carbonyl (C=O) groups is 1. The highest BCUT2D eigenvalue weighted by molar-refractivity contribution is 5.75. The highest BCUT2D eigenvalue weighted by atomic mass is 19.4. The van der Waals surface area contributed by atoms with Gasteiger partial charge in [-0.05, 0) is 13.3 Å². The number of hydrogen-bond donors (Lipinski definition) is 1. The molecule has 0 bridgehead atoms. The largest absolute Gasteiger partial charge is 0.465 e. The molecule has 18 heavy (non-hydrogen) atoms. The van der Waals surface area contributed by atoms with Crippen LogP contribution in [0.2, 0.25) is 0 Å². The maximum Gasteiger partial charge on any atom is 0.419 e. The van der Waals surface area contributed by atoms with Gasteiger partial charge in [0.15, 0.2) is 0 Å². The van der Waals surface area contributed by atoms with E-state index in [1.807, 2.05) is 0 Å². The van der Waals surface area contributed by atoms with Crippen molar-refractivity contribution in [1.29, 1.82) is 0 Å². The topological polar surface area (TPSA) is 70.1 Å². The third-order valence-electron chi connectivity index (χ3n) is 2.22. The summed E-state index contributed by atoms with van der Waals surface area (Å²) < 4.78 is 42.6. The number of aryl methyl sites for hydroxylation is 1. The van der Waals surface area contributed by atoms with Crippen molar-refractivity contribution < 1.29 is 22.7 Å². The van der Waals surface area contributed by atoms with Gasteiger partial charge >= 0.3 is 12.1 Å². The van der Waals surface area contributed by atoms with Gasteiger partial charge in [-0.3, -0.25) is 9.48 Å². The number of esters is 1. The number of halogens is 3. The van der Waals surface area contributed by atoms with Crippen LogP contribution >= 0.6 is 0 Å². The molecule has 1 rings (SSSR count). The fraction of sp³-hybridized carbons (Fsp3) is 0.600. The molecular formula is C10H14F3N3O2. The molecule has 2 N–H and O–H groups in total. The van der Waals surface area contributed by atoms with Crippen LogP contribution in [0.1, 0.15) is 18.9 Å². The Morgan fingerprint density at radius 2 is 2.28 bits per heavy atom. The number of nitrogens with zero attached hydrogens (tertiary/aromatic N) is 2. The van der Waals surface area contributed by atoms with Crippen molar-refractivity contribution in [1.82, 2.24) is 9.78 Å². The first-order valence-electron chi connectivity index (χ1n) is 5.36. The Kier molecular flexibility index (Phi) is 4.71. The van der Waals surface area contributed by atoms with E-state index < -0.39 is 23.8 Å². The molecule has 0 saturated heterocycles. The van der Waals surface area contributed by atoms with Crippen molar-refractivity contribution in [2.24, 2.45) is 5.73 Å². The Balaban J connectivity index is 2.49. The highest BCUT2D eigenvalue weighted by Gasteiger charge is 2.32. The van der Waals surface area contributed by atoms with Crippen molar-refractivity contribution in [3.63, 3.8) is 0 Å². The van der Waals surface area contributed by atoms with Gasteiger partial charge in [-0.2, -0.15) is 18.3 Å². The van der Waals surface area contributed by atoms with Crippen LogP contribution in [0.4, 0.5) is 13.2 Å². The summed E-state index contributed by atoms with van der Waals surface area (Å²) in [7, 11) is 0. The first-order valence-corrected chi connectivity index (χ1v) is 5.36. The van der Waals surface area contributed by atoms with E-state index in [0.717, 1.165) is 17.1 Å². The molecule has 0 saturated carbocycles. The Bertz CT molecular complexity index is 403. The lowest BCUT2D eigenvalue weighted by Gasteiger charge is -2.10. The third kappa shape index (κ3) is 4.02. The number of alkyl halides is 3. The van der Waals surface area contributed by atoms with Gasteiger partial charge in [0.25, 0.3) is 0 Å². The average Bonchev–Trinajstić information content (AvgIpc) is 2.74. The molecule has 1 aromatic rings. The smallest absolute Gasteiger partial charge is 0.419 e. The number of ether oxygens (including phenoxy) is 1. The quantitative estimate of drug-likeness (QED) is 0.812. The van der Waals surface area contributed by atoms with Gasteiger partial charge in [-0.25, -0.2) is 0 Å². The normalized spacial score (nSPS) is 13.4. The van der Waals surface area contributed by atoms with Crippen LogP contribution in [0.3, 0.4) is 0 Å². The Morgan fingerprint density at radius 1 is 1.61 bits per heavy atom. The van der Waals surface area contributed by atoms with E-state index in [9.17, 15) is 18.0 Å². The van der Waals surface area contributed by atoms with E-state index in [0.29, 0.717) is 0 Å². The summed E-state index contributed by atoms with van der Waals surface area (Å²) in [6.45, 7) is 1.98. The zero-order valence-electron chi connectivity index (χ0n) is 9.78. The summed E-state index contributed by atoms with van der Waals surface area (Å²) in [4.78, 5) is 11.2. The zero-order valence-corrected chi connectivity index (χ0v) is 9.78. The lowest BCUT2D eigenvalue weighted by Crippen LogP contribution is -2.33. The Labute approximate surface area is 102 Å². The fourth-order valence-corrected chi connectivity index (χ4v) is 1.27. The SMILES string of the molecule is CCOC(=O)C(N)CCn1cc(C(F)(F)F)cn1. The van der Waals surface area contributed by atoms with E-state index in [2.05, 4.69) is 9.84 Å². The summed E-state index contributed by atoms with van der Waals surface area (Å²) in [6.07, 6.45) is -2.65. The number of hydrogen-bond acceptors (Lipinski definition) is 4. The minimum absolute atomic E-state index is 0.121. The summed E-state index contributed by atoms with van der Waals surface area (Å²) in [5.41, 5.74) is 4.68. The number of rotatable bonds is 5. The molecule has 0 aromatic carbocycles. The molecule has 0 fully saturated rings. The molecule has 0 amide bonds. The van der Waals surface area contributed by atoms with E-state index in [1.54, 1.807) is 6.92 Å². The van der Waals surface area contributed by atoms with Gasteiger partial charge < -0.3 is 10.5 Å². The van der Waals surface area contributed by atoms with E-state index >= 15 is 0 Å². The van der Waals surface area contributed by atoms with Gasteiger partial charge in [-0.1, -0.05) is 0 Å². The Hall–Kier alpha value is -1.57. The van der Waals surface area contributed by atoms with Gasteiger partial charge in [-0.15, -0.1) is 0 Å². The molecule has 0 radical (unpaired) electrons. The monoisotopic (exact) mass is 265 g/mol. The summed E-state index contributed by atoms with van der Waals surface area (Å²) in [5, 5.41) is 3.55. The van der Waals surface area contributed by atoms with Crippen molar-refractivity contribution in [3.8, 4) is 0 Å². The summed E-state index contributed by atoms with van der Waals surface area (Å²) >= 11 is 0. The van der Waals surface area contributed by atoms with E-state index in [-0.39, 0.29) is 19.6 Å². The molecule has 1 aromatic heterocycles. The maximum atomic E-state index is 12.3. The molecule has 102 valence electrons. The molecule has 0 aliphatic heterocycles. The van der Waals surface area contributed by atoms with Crippen molar-refractivity contribution in [2.75, 3.05) is 6.61 Å². The molecule has 8 heteroatoms. The minimum atomic E-state index is -4.42. The lowest BCUT2D eigenvalue weighted by atomic mass is 10.2. The molecule has 1 atom stereocenters. The first-order chi connectivity index (χ1) is 8.34. The van der Waals surface area contributed by atoms with Crippen molar-refractivity contribution >= 4 is 5.97 Å². The van der Waals surface area contributed by atoms with Gasteiger partial charge in [0, 0.05) is 12.7 Å². The predicted molar refractivity (Wildman–Crippen MR) is 56.5 cm³/mol. The molecule has 1 unspecified atom stereocenters. The molecule has 0 aliphatic rings. The zero-order chi connectivity index (χ0) is 13.8. The maximum absolute atomic E-state index is 12.3. The minimum Gasteiger partial charge on any atom is -0.465 e. The van der Waals surface area contributed by atoms with Crippen LogP contribution in [0.15, 0.2) is 12.4 Å². The summed E-state index contributed by atoms with van der Waals surface area (Å²) in [6, 6.07) is -0.858. The predicted octanol–water partition coefficient (Wildman–Crippen LogP) is 1.18. The van der Waals surface area contributed by atoms with E-state index in [1.165, 1.54) is 0 Å². The van der Waals surface area contributed by atoms with Crippen LogP contribution in [-0.4, -0.2) is 28.4 Å². The molecule has 0 aliphatic carbocycles. The number of aromatic nitrogens is 2. The first kappa shape index (κ1) is 14.5. The average molecular weight is 265 g/mol. The molecule has 1 heterocycles. The second kappa shape index (κ2) is 5.85. The fourth-order valence-electron chi connectivity index (χ4n) is 1.27. The van der Waals surface area contributed by atoms with Gasteiger partial charge in [0.1, 0.15) is 6.04 Å². The second-order valence-electron chi connectivity index (χ2n) is 3.64. The van der Waals surface area contributed by atoms with Crippen LogP contribution < -0.4 is 5.73 Å². The standard InChI is InChI=1S/C10H14F3N3O2/c1-2-18-9(17)8(14)3-4-16-6-7(5-15-16)10(11,12)13/h5-6,8H,2-4,14H2,1H3. The molecular weight excluding hydrogens is 251 g/mol. The third-order valence-corrected chi connectivity index (χ3v) is 2.22. The molecule has 0 spiro atoms. The highest BCUT2D eigenvalue weighted by Crippen LogP contribution is 2.28. The summed E-state index contributed by atoms with van der Waals surface area (Å²) in [5.74, 6) is -0.569. The van der Waals surface area contributed by atoms with Crippen LogP contribution in [0.5, 0.6) is 0 Å².